The van der Waals surface area contributed by atoms with Gasteiger partial charge in [-0.15, -0.1) is 0 Å². The summed E-state index contributed by atoms with van der Waals surface area (Å²) < 4.78 is 1.69. The van der Waals surface area contributed by atoms with E-state index in [1.54, 1.807) is 15.8 Å². The number of aromatic nitrogens is 2. The Morgan fingerprint density at radius 1 is 1.08 bits per heavy atom. The quantitative estimate of drug-likeness (QED) is 0.923. The summed E-state index contributed by atoms with van der Waals surface area (Å²) in [6.45, 7) is 4.20. The van der Waals surface area contributed by atoms with Gasteiger partial charge in [-0.05, 0) is 24.6 Å². The van der Waals surface area contributed by atoms with Crippen molar-refractivity contribution in [3.05, 3.63) is 47.8 Å². The van der Waals surface area contributed by atoms with E-state index in [0.29, 0.717) is 32.6 Å². The molecule has 7 heteroatoms. The molecule has 1 N–H and O–H groups in total. The molecule has 1 aromatic carbocycles. The van der Waals surface area contributed by atoms with Crippen LogP contribution in [0.25, 0.3) is 0 Å². The molecule has 3 amide bonds. The molecule has 7 nitrogen and oxygen atoms in total. The van der Waals surface area contributed by atoms with E-state index in [1.165, 1.54) is 0 Å². The monoisotopic (exact) mass is 341 g/mol. The fourth-order valence-electron chi connectivity index (χ4n) is 2.85. The molecule has 1 aliphatic heterocycles. The van der Waals surface area contributed by atoms with Crippen molar-refractivity contribution in [3.8, 4) is 0 Å². The SMILES string of the molecule is Cc1ccc(NC(=O)N2CCN(C(=O)Cc3cnn(C)c3)CC2)cc1. The Balaban J connectivity index is 1.48. The normalized spacial score (nSPS) is 14.5. The first kappa shape index (κ1) is 17.0. The Hall–Kier alpha value is -2.83. The first-order chi connectivity index (χ1) is 12.0. The largest absolute Gasteiger partial charge is 0.339 e. The number of nitrogens with one attached hydrogen (secondary N) is 1. The molecule has 0 atom stereocenters. The number of hydrogen-bond donors (Lipinski definition) is 1. The van der Waals surface area contributed by atoms with Crippen LogP contribution in [0, 0.1) is 6.92 Å². The highest BCUT2D eigenvalue weighted by molar-refractivity contribution is 5.89. The minimum atomic E-state index is -0.122. The number of aryl methyl sites for hydroxylation is 2. The highest BCUT2D eigenvalue weighted by atomic mass is 16.2. The van der Waals surface area contributed by atoms with Gasteiger partial charge in [-0.2, -0.15) is 5.10 Å². The number of nitrogens with zero attached hydrogens (tertiary/aromatic N) is 4. The zero-order chi connectivity index (χ0) is 17.8. The van der Waals surface area contributed by atoms with Gasteiger partial charge in [0.25, 0.3) is 0 Å². The van der Waals surface area contributed by atoms with E-state index in [1.807, 2.05) is 49.3 Å². The van der Waals surface area contributed by atoms with Crippen LogP contribution < -0.4 is 5.32 Å². The summed E-state index contributed by atoms with van der Waals surface area (Å²) >= 11 is 0. The van der Waals surface area contributed by atoms with E-state index in [2.05, 4.69) is 10.4 Å². The maximum Gasteiger partial charge on any atom is 0.321 e. The van der Waals surface area contributed by atoms with Crippen LogP contribution in [-0.2, 0) is 18.3 Å². The molecule has 2 aromatic rings. The maximum atomic E-state index is 12.3. The van der Waals surface area contributed by atoms with Gasteiger partial charge in [0.2, 0.25) is 5.91 Å². The molecule has 0 bridgehead atoms. The standard InChI is InChI=1S/C18H23N5O2/c1-14-3-5-16(6-4-14)20-18(25)23-9-7-22(8-10-23)17(24)11-15-12-19-21(2)13-15/h3-6,12-13H,7-11H2,1-2H3,(H,20,25). The molecule has 132 valence electrons. The Morgan fingerprint density at radius 2 is 1.72 bits per heavy atom. The minimum Gasteiger partial charge on any atom is -0.339 e. The molecule has 25 heavy (non-hydrogen) atoms. The lowest BCUT2D eigenvalue weighted by Gasteiger charge is -2.34. The Labute approximate surface area is 147 Å². The Morgan fingerprint density at radius 3 is 2.32 bits per heavy atom. The summed E-state index contributed by atoms with van der Waals surface area (Å²) in [5.41, 5.74) is 2.84. The van der Waals surface area contributed by atoms with E-state index in [0.717, 1.165) is 16.8 Å². The zero-order valence-corrected chi connectivity index (χ0v) is 14.6. The zero-order valence-electron chi connectivity index (χ0n) is 14.6. The van der Waals surface area contributed by atoms with Crippen LogP contribution in [0.15, 0.2) is 36.7 Å². The van der Waals surface area contributed by atoms with Gasteiger partial charge >= 0.3 is 6.03 Å². The predicted molar refractivity (Wildman–Crippen MR) is 95.3 cm³/mol. The molecule has 0 aliphatic carbocycles. The average molecular weight is 341 g/mol. The molecule has 0 spiro atoms. The lowest BCUT2D eigenvalue weighted by molar-refractivity contribution is -0.131. The first-order valence-electron chi connectivity index (χ1n) is 8.39. The fraction of sp³-hybridized carbons (Fsp3) is 0.389. The number of carbonyl (C=O) groups is 2. The van der Waals surface area contributed by atoms with Crippen LogP contribution in [-0.4, -0.2) is 57.7 Å². The van der Waals surface area contributed by atoms with Crippen LogP contribution in [0.3, 0.4) is 0 Å². The molecule has 0 saturated carbocycles. The van der Waals surface area contributed by atoms with E-state index in [-0.39, 0.29) is 11.9 Å². The van der Waals surface area contributed by atoms with Crippen molar-refractivity contribution >= 4 is 17.6 Å². The second kappa shape index (κ2) is 7.38. The molecule has 1 fully saturated rings. The summed E-state index contributed by atoms with van der Waals surface area (Å²) in [5, 5.41) is 6.98. The van der Waals surface area contributed by atoms with E-state index >= 15 is 0 Å². The van der Waals surface area contributed by atoms with E-state index in [4.69, 9.17) is 0 Å². The van der Waals surface area contributed by atoms with Gasteiger partial charge < -0.3 is 15.1 Å². The molecule has 2 heterocycles. The Bertz CT molecular complexity index is 745. The summed E-state index contributed by atoms with van der Waals surface area (Å²) in [6.07, 6.45) is 3.91. The van der Waals surface area contributed by atoms with Gasteiger partial charge in [-0.25, -0.2) is 4.79 Å². The second-order valence-electron chi connectivity index (χ2n) is 6.36. The highest BCUT2D eigenvalue weighted by Gasteiger charge is 2.24. The third-order valence-corrected chi connectivity index (χ3v) is 4.34. The maximum absolute atomic E-state index is 12.3. The molecule has 1 saturated heterocycles. The van der Waals surface area contributed by atoms with Crippen molar-refractivity contribution in [3.63, 3.8) is 0 Å². The van der Waals surface area contributed by atoms with Crippen LogP contribution in [0.5, 0.6) is 0 Å². The third kappa shape index (κ3) is 4.37. The highest BCUT2D eigenvalue weighted by Crippen LogP contribution is 2.11. The Kier molecular flexibility index (Phi) is 5.02. The number of amides is 3. The molecule has 0 unspecified atom stereocenters. The summed E-state index contributed by atoms with van der Waals surface area (Å²) in [7, 11) is 1.83. The number of rotatable bonds is 3. The lowest BCUT2D eigenvalue weighted by Crippen LogP contribution is -2.52. The number of urea groups is 1. The van der Waals surface area contributed by atoms with Crippen LogP contribution in [0.4, 0.5) is 10.5 Å². The van der Waals surface area contributed by atoms with Gasteiger partial charge in [0.15, 0.2) is 0 Å². The minimum absolute atomic E-state index is 0.0755. The molecular weight excluding hydrogens is 318 g/mol. The molecular formula is C18H23N5O2. The third-order valence-electron chi connectivity index (χ3n) is 4.34. The van der Waals surface area contributed by atoms with Gasteiger partial charge in [0, 0.05) is 45.1 Å². The number of anilines is 1. The summed E-state index contributed by atoms with van der Waals surface area (Å²) in [4.78, 5) is 28.2. The predicted octanol–water partition coefficient (Wildman–Crippen LogP) is 1.65. The van der Waals surface area contributed by atoms with Crippen LogP contribution >= 0.6 is 0 Å². The van der Waals surface area contributed by atoms with E-state index in [9.17, 15) is 9.59 Å². The van der Waals surface area contributed by atoms with Crippen molar-refractivity contribution in [1.82, 2.24) is 19.6 Å². The second-order valence-corrected chi connectivity index (χ2v) is 6.36. The molecule has 3 rings (SSSR count). The van der Waals surface area contributed by atoms with Gasteiger partial charge in [0.05, 0.1) is 12.6 Å². The van der Waals surface area contributed by atoms with Crippen LogP contribution in [0.2, 0.25) is 0 Å². The fourth-order valence-corrected chi connectivity index (χ4v) is 2.85. The summed E-state index contributed by atoms with van der Waals surface area (Å²) in [5.74, 6) is 0.0755. The smallest absolute Gasteiger partial charge is 0.321 e. The first-order valence-corrected chi connectivity index (χ1v) is 8.39. The summed E-state index contributed by atoms with van der Waals surface area (Å²) in [6, 6.07) is 7.58. The lowest BCUT2D eigenvalue weighted by atomic mass is 10.2. The molecule has 1 aliphatic rings. The van der Waals surface area contributed by atoms with Gasteiger partial charge in [-0.3, -0.25) is 9.48 Å². The van der Waals surface area contributed by atoms with Gasteiger partial charge in [0.1, 0.15) is 0 Å². The van der Waals surface area contributed by atoms with Crippen molar-refractivity contribution in [2.24, 2.45) is 7.05 Å². The van der Waals surface area contributed by atoms with Crippen LogP contribution in [0.1, 0.15) is 11.1 Å². The van der Waals surface area contributed by atoms with Crippen molar-refractivity contribution in [2.45, 2.75) is 13.3 Å². The topological polar surface area (TPSA) is 70.5 Å². The molecule has 1 aromatic heterocycles. The number of piperazine rings is 1. The molecule has 0 radical (unpaired) electrons. The number of carbonyl (C=O) groups excluding carboxylic acids is 2. The number of benzene rings is 1. The van der Waals surface area contributed by atoms with Crippen molar-refractivity contribution in [1.29, 1.82) is 0 Å². The van der Waals surface area contributed by atoms with E-state index < -0.39 is 0 Å². The van der Waals surface area contributed by atoms with Crippen molar-refractivity contribution in [2.75, 3.05) is 31.5 Å². The number of hydrogen-bond acceptors (Lipinski definition) is 3. The average Bonchev–Trinajstić information content (AvgIpc) is 3.02. The van der Waals surface area contributed by atoms with Gasteiger partial charge in [-0.1, -0.05) is 17.7 Å². The van der Waals surface area contributed by atoms with Crippen molar-refractivity contribution < 1.29 is 9.59 Å².